The van der Waals surface area contributed by atoms with Crippen molar-refractivity contribution in [2.45, 2.75) is 19.9 Å². The van der Waals surface area contributed by atoms with Crippen LogP contribution >= 0.6 is 11.8 Å². The lowest BCUT2D eigenvalue weighted by Crippen LogP contribution is -2.15. The molecule has 0 aromatic heterocycles. The van der Waals surface area contributed by atoms with Crippen molar-refractivity contribution in [2.75, 3.05) is 25.2 Å². The summed E-state index contributed by atoms with van der Waals surface area (Å²) in [6.07, 6.45) is 1.24. The number of methoxy groups -OCH3 is 1. The Bertz CT molecular complexity index is 291. The Hall–Kier alpha value is -0.670. The summed E-state index contributed by atoms with van der Waals surface area (Å²) in [5.41, 5.74) is 1.28. The Balaban J connectivity index is 2.16. The molecule has 0 radical (unpaired) electrons. The summed E-state index contributed by atoms with van der Waals surface area (Å²) in [5, 5.41) is 3.44. The predicted molar refractivity (Wildman–Crippen MR) is 72.3 cm³/mol. The van der Waals surface area contributed by atoms with Crippen molar-refractivity contribution in [3.8, 4) is 5.75 Å². The fraction of sp³-hybridized carbons (Fsp3) is 0.538. The molecule has 90 valence electrons. The average Bonchev–Trinajstić information content (AvgIpc) is 2.34. The van der Waals surface area contributed by atoms with Crippen molar-refractivity contribution in [1.29, 1.82) is 0 Å². The van der Waals surface area contributed by atoms with Crippen LogP contribution in [0.3, 0.4) is 0 Å². The average molecular weight is 239 g/mol. The van der Waals surface area contributed by atoms with E-state index in [-0.39, 0.29) is 0 Å². The molecule has 0 aliphatic rings. The van der Waals surface area contributed by atoms with E-state index in [0.29, 0.717) is 0 Å². The van der Waals surface area contributed by atoms with Gasteiger partial charge in [0.05, 0.1) is 7.11 Å². The van der Waals surface area contributed by atoms with Gasteiger partial charge in [-0.2, -0.15) is 11.8 Å². The van der Waals surface area contributed by atoms with Crippen molar-refractivity contribution in [3.63, 3.8) is 0 Å². The molecule has 0 unspecified atom stereocenters. The molecule has 0 saturated heterocycles. The lowest BCUT2D eigenvalue weighted by molar-refractivity contribution is 0.414. The van der Waals surface area contributed by atoms with Gasteiger partial charge in [-0.05, 0) is 42.2 Å². The predicted octanol–water partition coefficient (Wildman–Crippen LogP) is 2.93. The first kappa shape index (κ1) is 13.4. The fourth-order valence-electron chi connectivity index (χ4n) is 1.46. The van der Waals surface area contributed by atoms with Gasteiger partial charge in [-0.3, -0.25) is 0 Å². The second-order valence-corrected chi connectivity index (χ2v) is 4.97. The SMILES string of the molecule is CCSCCCNCc1cccc(OC)c1. The zero-order valence-electron chi connectivity index (χ0n) is 10.2. The third-order valence-corrected chi connectivity index (χ3v) is 3.30. The van der Waals surface area contributed by atoms with Crippen molar-refractivity contribution in [2.24, 2.45) is 0 Å². The van der Waals surface area contributed by atoms with Gasteiger partial charge in [-0.1, -0.05) is 19.1 Å². The van der Waals surface area contributed by atoms with E-state index in [0.717, 1.165) is 18.8 Å². The minimum atomic E-state index is 0.925. The van der Waals surface area contributed by atoms with Gasteiger partial charge in [0.25, 0.3) is 0 Å². The molecule has 0 saturated carbocycles. The maximum atomic E-state index is 5.18. The van der Waals surface area contributed by atoms with E-state index >= 15 is 0 Å². The van der Waals surface area contributed by atoms with E-state index in [1.165, 1.54) is 23.5 Å². The second-order valence-electron chi connectivity index (χ2n) is 3.58. The standard InChI is InChI=1S/C13H21NOS/c1-3-16-9-5-8-14-11-12-6-4-7-13(10-12)15-2/h4,6-7,10,14H,3,5,8-9,11H2,1-2H3. The highest BCUT2D eigenvalue weighted by Gasteiger charge is 1.95. The van der Waals surface area contributed by atoms with E-state index < -0.39 is 0 Å². The molecule has 0 heterocycles. The number of benzene rings is 1. The number of nitrogens with one attached hydrogen (secondary N) is 1. The van der Waals surface area contributed by atoms with Crippen LogP contribution in [-0.4, -0.2) is 25.2 Å². The molecule has 0 aliphatic carbocycles. The molecule has 1 aromatic rings. The summed E-state index contributed by atoms with van der Waals surface area (Å²) in [5.74, 6) is 3.40. The zero-order chi connectivity index (χ0) is 11.6. The van der Waals surface area contributed by atoms with Crippen LogP contribution in [0, 0.1) is 0 Å². The normalized spacial score (nSPS) is 10.4. The van der Waals surface area contributed by atoms with E-state index in [1.807, 2.05) is 23.9 Å². The molecular weight excluding hydrogens is 218 g/mol. The molecule has 0 aliphatic heterocycles. The summed E-state index contributed by atoms with van der Waals surface area (Å²) in [6.45, 7) is 4.21. The van der Waals surface area contributed by atoms with Crippen LogP contribution in [0.25, 0.3) is 0 Å². The van der Waals surface area contributed by atoms with Crippen LogP contribution in [0.1, 0.15) is 18.9 Å². The van der Waals surface area contributed by atoms with Gasteiger partial charge < -0.3 is 10.1 Å². The van der Waals surface area contributed by atoms with E-state index in [1.54, 1.807) is 7.11 Å². The van der Waals surface area contributed by atoms with Crippen molar-refractivity contribution in [3.05, 3.63) is 29.8 Å². The molecule has 1 rings (SSSR count). The van der Waals surface area contributed by atoms with Crippen LogP contribution in [-0.2, 0) is 6.54 Å². The fourth-order valence-corrected chi connectivity index (χ4v) is 2.10. The molecule has 0 amide bonds. The summed E-state index contributed by atoms with van der Waals surface area (Å²) in [4.78, 5) is 0. The molecule has 0 bridgehead atoms. The third kappa shape index (κ3) is 5.42. The van der Waals surface area contributed by atoms with Crippen molar-refractivity contribution in [1.82, 2.24) is 5.32 Å². The lowest BCUT2D eigenvalue weighted by Gasteiger charge is -2.06. The highest BCUT2D eigenvalue weighted by atomic mass is 32.2. The van der Waals surface area contributed by atoms with Gasteiger partial charge in [0, 0.05) is 6.54 Å². The Morgan fingerprint density at radius 3 is 3.00 bits per heavy atom. The smallest absolute Gasteiger partial charge is 0.119 e. The number of hydrogen-bond donors (Lipinski definition) is 1. The molecule has 0 spiro atoms. The summed E-state index contributed by atoms with van der Waals surface area (Å²) < 4.78 is 5.18. The number of hydrogen-bond acceptors (Lipinski definition) is 3. The first-order valence-corrected chi connectivity index (χ1v) is 6.93. The minimum Gasteiger partial charge on any atom is -0.497 e. The Morgan fingerprint density at radius 1 is 1.38 bits per heavy atom. The van der Waals surface area contributed by atoms with E-state index in [4.69, 9.17) is 4.74 Å². The maximum absolute atomic E-state index is 5.18. The minimum absolute atomic E-state index is 0.925. The quantitative estimate of drug-likeness (QED) is 0.705. The molecule has 3 heteroatoms. The molecule has 2 nitrogen and oxygen atoms in total. The summed E-state index contributed by atoms with van der Waals surface area (Å²) >= 11 is 2.00. The maximum Gasteiger partial charge on any atom is 0.119 e. The number of thioether (sulfide) groups is 1. The summed E-state index contributed by atoms with van der Waals surface area (Å²) in [7, 11) is 1.70. The zero-order valence-corrected chi connectivity index (χ0v) is 11.0. The Labute approximate surface area is 103 Å². The first-order chi connectivity index (χ1) is 7.86. The van der Waals surface area contributed by atoms with Crippen LogP contribution < -0.4 is 10.1 Å². The topological polar surface area (TPSA) is 21.3 Å². The van der Waals surface area contributed by atoms with Gasteiger partial charge in [0.1, 0.15) is 5.75 Å². The molecule has 0 fully saturated rings. The molecule has 1 aromatic carbocycles. The van der Waals surface area contributed by atoms with Crippen LogP contribution in [0.2, 0.25) is 0 Å². The third-order valence-electron chi connectivity index (χ3n) is 2.31. The molecule has 1 N–H and O–H groups in total. The van der Waals surface area contributed by atoms with Gasteiger partial charge in [-0.25, -0.2) is 0 Å². The molecule has 16 heavy (non-hydrogen) atoms. The van der Waals surface area contributed by atoms with E-state index in [9.17, 15) is 0 Å². The van der Waals surface area contributed by atoms with Gasteiger partial charge in [0.15, 0.2) is 0 Å². The van der Waals surface area contributed by atoms with E-state index in [2.05, 4.69) is 24.4 Å². The summed E-state index contributed by atoms with van der Waals surface area (Å²) in [6, 6.07) is 8.20. The second kappa shape index (κ2) is 8.48. The highest BCUT2D eigenvalue weighted by molar-refractivity contribution is 7.99. The van der Waals surface area contributed by atoms with Crippen molar-refractivity contribution < 1.29 is 4.74 Å². The highest BCUT2D eigenvalue weighted by Crippen LogP contribution is 2.12. The van der Waals surface area contributed by atoms with Gasteiger partial charge in [-0.15, -0.1) is 0 Å². The number of rotatable bonds is 8. The largest absolute Gasteiger partial charge is 0.497 e. The number of ether oxygens (including phenoxy) is 1. The van der Waals surface area contributed by atoms with Gasteiger partial charge in [0.2, 0.25) is 0 Å². The lowest BCUT2D eigenvalue weighted by atomic mass is 10.2. The monoisotopic (exact) mass is 239 g/mol. The first-order valence-electron chi connectivity index (χ1n) is 5.78. The van der Waals surface area contributed by atoms with Gasteiger partial charge >= 0.3 is 0 Å². The Kier molecular flexibility index (Phi) is 7.10. The van der Waals surface area contributed by atoms with Crippen LogP contribution in [0.15, 0.2) is 24.3 Å². The van der Waals surface area contributed by atoms with Crippen LogP contribution in [0.5, 0.6) is 5.75 Å². The molecule has 0 atom stereocenters. The molecular formula is C13H21NOS. The van der Waals surface area contributed by atoms with Crippen molar-refractivity contribution >= 4 is 11.8 Å². The Morgan fingerprint density at radius 2 is 2.25 bits per heavy atom. The van der Waals surface area contributed by atoms with Crippen LogP contribution in [0.4, 0.5) is 0 Å².